The number of aliphatic hydroxyl groups excluding tert-OH is 1. The number of aliphatic hydroxyl groups is 1. The first kappa shape index (κ1) is 17.7. The predicted octanol–water partition coefficient (Wildman–Crippen LogP) is 1.39. The van der Waals surface area contributed by atoms with E-state index in [1.165, 1.54) is 0 Å². The average Bonchev–Trinajstić information content (AvgIpc) is 3.33. The molecule has 3 N–H and O–H groups in total. The highest BCUT2D eigenvalue weighted by Gasteiger charge is 2.41. The quantitative estimate of drug-likeness (QED) is 0.487. The molecule has 2 rings (SSSR count). The van der Waals surface area contributed by atoms with Crippen molar-refractivity contribution in [1.82, 2.24) is 10.6 Å². The fourth-order valence-corrected chi connectivity index (χ4v) is 4.40. The largest absolute Gasteiger partial charge is 0.396 e. The van der Waals surface area contributed by atoms with Gasteiger partial charge in [-0.05, 0) is 39.0 Å². The van der Waals surface area contributed by atoms with E-state index in [2.05, 4.69) is 22.5 Å². The molecule has 0 heterocycles. The second-order valence-electron chi connectivity index (χ2n) is 6.65. The third kappa shape index (κ3) is 4.95. The molecule has 3 unspecified atom stereocenters. The Balaban J connectivity index is 1.89. The smallest absolute Gasteiger partial charge is 0.191 e. The molecule has 6 heteroatoms. The Bertz CT molecular complexity index is 410. The minimum Gasteiger partial charge on any atom is -0.396 e. The van der Waals surface area contributed by atoms with Gasteiger partial charge in [-0.2, -0.15) is 0 Å². The molecule has 2 aliphatic carbocycles. The molecule has 0 saturated heterocycles. The van der Waals surface area contributed by atoms with E-state index in [9.17, 15) is 9.32 Å². The topological polar surface area (TPSA) is 73.7 Å². The average molecular weight is 330 g/mol. The maximum absolute atomic E-state index is 12.0. The molecule has 0 aromatic rings. The number of rotatable bonds is 7. The molecule has 0 radical (unpaired) electrons. The maximum atomic E-state index is 12.0. The molecule has 0 bridgehead atoms. The van der Waals surface area contributed by atoms with Crippen molar-refractivity contribution in [3.05, 3.63) is 0 Å². The van der Waals surface area contributed by atoms with Crippen LogP contribution < -0.4 is 10.6 Å². The van der Waals surface area contributed by atoms with Crippen molar-refractivity contribution in [3.8, 4) is 0 Å². The van der Waals surface area contributed by atoms with Crippen molar-refractivity contribution < 1.29 is 9.32 Å². The van der Waals surface area contributed by atoms with Crippen LogP contribution in [0, 0.1) is 5.41 Å². The number of guanidine groups is 1. The van der Waals surface area contributed by atoms with E-state index in [1.54, 1.807) is 0 Å². The number of nitrogens with one attached hydrogen (secondary N) is 2. The molecule has 0 aromatic heterocycles. The van der Waals surface area contributed by atoms with Crippen LogP contribution in [0.15, 0.2) is 4.99 Å². The zero-order chi connectivity index (χ0) is 16.0. The Labute approximate surface area is 136 Å². The summed E-state index contributed by atoms with van der Waals surface area (Å²) in [5, 5.41) is 16.5. The van der Waals surface area contributed by atoms with Crippen LogP contribution >= 0.6 is 0 Å². The van der Waals surface area contributed by atoms with Crippen molar-refractivity contribution >= 4 is 16.8 Å². The number of nitrogens with zero attached hydrogens (tertiary/aromatic N) is 1. The Morgan fingerprint density at radius 1 is 1.36 bits per heavy atom. The second-order valence-corrected chi connectivity index (χ2v) is 8.66. The van der Waals surface area contributed by atoms with Crippen LogP contribution in [0.3, 0.4) is 0 Å². The van der Waals surface area contributed by atoms with Crippen LogP contribution in [0.25, 0.3) is 0 Å². The van der Waals surface area contributed by atoms with Gasteiger partial charge >= 0.3 is 0 Å². The van der Waals surface area contributed by atoms with E-state index in [-0.39, 0.29) is 12.0 Å². The van der Waals surface area contributed by atoms with Crippen LogP contribution in [0.5, 0.6) is 0 Å². The molecular formula is C16H31N3O2S. The Morgan fingerprint density at radius 2 is 2.14 bits per heavy atom. The maximum Gasteiger partial charge on any atom is 0.191 e. The van der Waals surface area contributed by atoms with Gasteiger partial charge in [-0.15, -0.1) is 0 Å². The van der Waals surface area contributed by atoms with Gasteiger partial charge in [0.25, 0.3) is 0 Å². The minimum absolute atomic E-state index is 0.0428. The van der Waals surface area contributed by atoms with Gasteiger partial charge in [0.2, 0.25) is 0 Å². The zero-order valence-electron chi connectivity index (χ0n) is 13.9. The summed E-state index contributed by atoms with van der Waals surface area (Å²) in [6, 6.07) is 0.358. The lowest BCUT2D eigenvalue weighted by molar-refractivity contribution is 0.216. The molecule has 22 heavy (non-hydrogen) atoms. The van der Waals surface area contributed by atoms with Crippen molar-refractivity contribution in [3.63, 3.8) is 0 Å². The molecule has 2 fully saturated rings. The molecule has 0 spiro atoms. The highest BCUT2D eigenvalue weighted by atomic mass is 32.2. The van der Waals surface area contributed by atoms with E-state index in [4.69, 9.17) is 0 Å². The summed E-state index contributed by atoms with van der Waals surface area (Å²) >= 11 is 0. The number of aliphatic imine (C=N–C) groups is 1. The summed E-state index contributed by atoms with van der Waals surface area (Å²) < 4.78 is 12.0. The van der Waals surface area contributed by atoms with Gasteiger partial charge < -0.3 is 15.7 Å². The van der Waals surface area contributed by atoms with Gasteiger partial charge in [0.15, 0.2) is 5.96 Å². The van der Waals surface area contributed by atoms with Gasteiger partial charge in [-0.1, -0.05) is 13.3 Å². The molecule has 5 nitrogen and oxygen atoms in total. The summed E-state index contributed by atoms with van der Waals surface area (Å²) in [6.07, 6.45) is 6.46. The predicted molar refractivity (Wildman–Crippen MR) is 92.6 cm³/mol. The highest BCUT2D eigenvalue weighted by molar-refractivity contribution is 7.85. The van der Waals surface area contributed by atoms with Crippen LogP contribution in [0.4, 0.5) is 0 Å². The second kappa shape index (κ2) is 8.29. The number of hydrogen-bond donors (Lipinski definition) is 3. The van der Waals surface area contributed by atoms with Crippen LogP contribution in [0.1, 0.15) is 52.4 Å². The van der Waals surface area contributed by atoms with E-state index in [1.807, 2.05) is 6.92 Å². The molecule has 2 saturated carbocycles. The Hall–Kier alpha value is -0.620. The van der Waals surface area contributed by atoms with E-state index >= 15 is 0 Å². The highest BCUT2D eigenvalue weighted by Crippen LogP contribution is 2.45. The summed E-state index contributed by atoms with van der Waals surface area (Å²) in [5.41, 5.74) is 0.0428. The first-order valence-corrected chi connectivity index (χ1v) is 10.0. The number of hydrogen-bond acceptors (Lipinski definition) is 3. The lowest BCUT2D eigenvalue weighted by atomic mass is 9.95. The molecular weight excluding hydrogens is 298 g/mol. The van der Waals surface area contributed by atoms with E-state index in [0.717, 1.165) is 56.8 Å². The van der Waals surface area contributed by atoms with E-state index in [0.29, 0.717) is 17.8 Å². The van der Waals surface area contributed by atoms with Crippen molar-refractivity contribution in [2.75, 3.05) is 25.4 Å². The van der Waals surface area contributed by atoms with Gasteiger partial charge in [0.1, 0.15) is 0 Å². The third-order valence-electron chi connectivity index (χ3n) is 4.83. The zero-order valence-corrected chi connectivity index (χ0v) is 14.8. The van der Waals surface area contributed by atoms with Crippen molar-refractivity contribution in [2.24, 2.45) is 10.4 Å². The molecule has 0 aromatic carbocycles. The lowest BCUT2D eigenvalue weighted by Gasteiger charge is -2.30. The van der Waals surface area contributed by atoms with Gasteiger partial charge in [0, 0.05) is 39.8 Å². The normalized spacial score (nSPS) is 29.0. The molecule has 2 aliphatic rings. The van der Waals surface area contributed by atoms with Gasteiger partial charge in [-0.25, -0.2) is 0 Å². The van der Waals surface area contributed by atoms with Crippen LogP contribution in [-0.2, 0) is 10.8 Å². The third-order valence-corrected chi connectivity index (χ3v) is 6.57. The molecule has 128 valence electrons. The molecule has 0 aliphatic heterocycles. The standard InChI is InChI=1S/C16H31N3O2S/c1-3-17-15(18-11-16(12-20)8-9-16)19-13-6-5-7-14(10-13)22(21)4-2/h13-14,20H,3-12H2,1-2H3,(H2,17,18,19). The van der Waals surface area contributed by atoms with Gasteiger partial charge in [-0.3, -0.25) is 9.20 Å². The minimum atomic E-state index is -0.695. The summed E-state index contributed by atoms with van der Waals surface area (Å²) in [7, 11) is -0.695. The van der Waals surface area contributed by atoms with E-state index < -0.39 is 10.8 Å². The first-order valence-electron chi connectivity index (χ1n) is 8.65. The summed E-state index contributed by atoms with van der Waals surface area (Å²) in [6.45, 7) is 5.82. The Kier molecular flexibility index (Phi) is 6.68. The van der Waals surface area contributed by atoms with Crippen molar-refractivity contribution in [2.45, 2.75) is 63.7 Å². The lowest BCUT2D eigenvalue weighted by Crippen LogP contribution is -2.47. The fraction of sp³-hybridized carbons (Fsp3) is 0.938. The van der Waals surface area contributed by atoms with Gasteiger partial charge in [0.05, 0.1) is 13.2 Å². The van der Waals surface area contributed by atoms with Crippen LogP contribution in [-0.4, -0.2) is 52.0 Å². The fourth-order valence-electron chi connectivity index (χ4n) is 3.05. The van der Waals surface area contributed by atoms with Crippen LogP contribution in [0.2, 0.25) is 0 Å². The molecule has 0 amide bonds. The van der Waals surface area contributed by atoms with Crippen molar-refractivity contribution in [1.29, 1.82) is 0 Å². The summed E-state index contributed by atoms with van der Waals surface area (Å²) in [4.78, 5) is 4.66. The molecule has 3 atom stereocenters. The Morgan fingerprint density at radius 3 is 2.73 bits per heavy atom. The first-order chi connectivity index (χ1) is 10.6. The SMILES string of the molecule is CCNC(=NCC1(CO)CC1)NC1CCCC(S(=O)CC)C1. The monoisotopic (exact) mass is 329 g/mol. The summed E-state index contributed by atoms with van der Waals surface area (Å²) in [5.74, 6) is 1.60.